The summed E-state index contributed by atoms with van der Waals surface area (Å²) in [6, 6.07) is 6.94. The molecule has 0 spiro atoms. The van der Waals surface area contributed by atoms with E-state index in [1.165, 1.54) is 72.0 Å². The van der Waals surface area contributed by atoms with Gasteiger partial charge in [0.25, 0.3) is 11.8 Å². The zero-order valence-electron chi connectivity index (χ0n) is 34.4. The van der Waals surface area contributed by atoms with Crippen molar-refractivity contribution in [1.82, 2.24) is 20.4 Å². The molecule has 2 aliphatic rings. The van der Waals surface area contributed by atoms with Crippen LogP contribution in [0.1, 0.15) is 121 Å². The molecule has 2 heterocycles. The maximum absolute atomic E-state index is 13.8. The normalized spacial score (nSPS) is 15.7. The fourth-order valence-corrected chi connectivity index (χ4v) is 6.95. The van der Waals surface area contributed by atoms with Gasteiger partial charge in [0.15, 0.2) is 0 Å². The van der Waals surface area contributed by atoms with Gasteiger partial charge < -0.3 is 44.1 Å². The number of rotatable bonds is 26. The van der Waals surface area contributed by atoms with Crippen LogP contribution < -0.4 is 15.4 Å². The molecule has 1 saturated heterocycles. The van der Waals surface area contributed by atoms with Crippen LogP contribution in [0, 0.1) is 0 Å². The highest BCUT2D eigenvalue weighted by molar-refractivity contribution is 5.98. The number of allylic oxidation sites excluding steroid dienone is 2. The summed E-state index contributed by atoms with van der Waals surface area (Å²) >= 11 is 0. The number of hydrogen-bond donors (Lipinski definition) is 2. The second-order valence-electron chi connectivity index (χ2n) is 14.5. The number of benzene rings is 1. The number of piperazine rings is 1. The van der Waals surface area contributed by atoms with E-state index >= 15 is 0 Å². The van der Waals surface area contributed by atoms with Gasteiger partial charge in [-0.3, -0.25) is 9.59 Å². The summed E-state index contributed by atoms with van der Waals surface area (Å²) in [5.74, 6) is -0.279. The lowest BCUT2D eigenvalue weighted by atomic mass is 10.0. The molecular weight excluding hydrogens is 716 g/mol. The molecule has 3 rings (SSSR count). The molecule has 56 heavy (non-hydrogen) atoms. The zero-order valence-corrected chi connectivity index (χ0v) is 34.4. The molecule has 0 radical (unpaired) electrons. The average Bonchev–Trinajstić information content (AvgIpc) is 3.22. The molecule has 13 heteroatoms. The third kappa shape index (κ3) is 16.6. The lowest BCUT2D eigenvalue weighted by molar-refractivity contribution is -0.154. The largest absolute Gasteiger partial charge is 0.509 e. The van der Waals surface area contributed by atoms with Crippen molar-refractivity contribution in [3.05, 3.63) is 53.8 Å². The van der Waals surface area contributed by atoms with E-state index in [0.717, 1.165) is 32.1 Å². The summed E-state index contributed by atoms with van der Waals surface area (Å²) in [4.78, 5) is 56.5. The number of carbonyl (C=O) groups excluding carboxylic acids is 4. The van der Waals surface area contributed by atoms with Crippen LogP contribution >= 0.6 is 0 Å². The third-order valence-electron chi connectivity index (χ3n) is 10.2. The van der Waals surface area contributed by atoms with E-state index in [0.29, 0.717) is 56.2 Å². The van der Waals surface area contributed by atoms with Gasteiger partial charge in [-0.05, 0) is 37.5 Å². The predicted molar refractivity (Wildman–Crippen MR) is 217 cm³/mol. The quantitative estimate of drug-likeness (QED) is 0.0714. The summed E-state index contributed by atoms with van der Waals surface area (Å²) in [6.07, 6.45) is 18.0. The number of ether oxygens (including phenoxy) is 5. The Bertz CT molecular complexity index is 1380. The van der Waals surface area contributed by atoms with Gasteiger partial charge in [-0.25, -0.2) is 9.59 Å². The molecule has 0 aromatic heterocycles. The maximum atomic E-state index is 13.8. The first-order valence-electron chi connectivity index (χ1n) is 20.9. The molecule has 2 N–H and O–H groups in total. The second kappa shape index (κ2) is 27.5. The number of unbranched alkanes of at least 4 members (excludes halogenated alkanes) is 11. The van der Waals surface area contributed by atoms with E-state index in [2.05, 4.69) is 17.6 Å². The first-order chi connectivity index (χ1) is 27.3. The Morgan fingerprint density at radius 3 is 2.12 bits per heavy atom. The summed E-state index contributed by atoms with van der Waals surface area (Å²) in [5, 5.41) is 5.89. The van der Waals surface area contributed by atoms with Crippen LogP contribution in [0.15, 0.2) is 48.2 Å². The molecule has 2 aliphatic heterocycles. The van der Waals surface area contributed by atoms with Crippen LogP contribution in [-0.2, 0) is 23.7 Å². The van der Waals surface area contributed by atoms with Crippen LogP contribution in [0.3, 0.4) is 0 Å². The summed E-state index contributed by atoms with van der Waals surface area (Å²) in [7, 11) is 2.87. The number of nitrogens with zero attached hydrogens (tertiary/aromatic N) is 2. The van der Waals surface area contributed by atoms with Crippen LogP contribution in [-0.4, -0.2) is 112 Å². The van der Waals surface area contributed by atoms with Crippen LogP contribution in [0.2, 0.25) is 0 Å². The molecule has 13 nitrogen and oxygen atoms in total. The van der Waals surface area contributed by atoms with Gasteiger partial charge in [-0.1, -0.05) is 115 Å². The van der Waals surface area contributed by atoms with Crippen molar-refractivity contribution < 1.29 is 42.9 Å². The summed E-state index contributed by atoms with van der Waals surface area (Å²) in [6.45, 7) is 6.26. The van der Waals surface area contributed by atoms with Gasteiger partial charge in [0.1, 0.15) is 24.6 Å². The Balaban J connectivity index is 1.52. The van der Waals surface area contributed by atoms with Crippen molar-refractivity contribution >= 4 is 24.1 Å². The molecule has 0 aliphatic carbocycles. The van der Waals surface area contributed by atoms with Crippen molar-refractivity contribution in [1.29, 1.82) is 0 Å². The molecule has 1 aromatic rings. The molecule has 0 bridgehead atoms. The molecule has 3 atom stereocenters. The first kappa shape index (κ1) is 46.3. The number of alkyl carbamates (subject to hydrolysis) is 1. The van der Waals surface area contributed by atoms with Crippen LogP contribution in [0.5, 0.6) is 5.75 Å². The Morgan fingerprint density at radius 1 is 0.821 bits per heavy atom. The van der Waals surface area contributed by atoms with Crippen LogP contribution in [0.4, 0.5) is 9.59 Å². The van der Waals surface area contributed by atoms with E-state index in [1.54, 1.807) is 40.1 Å². The zero-order chi connectivity index (χ0) is 40.4. The number of para-hydroxylation sites is 1. The first-order valence-corrected chi connectivity index (χ1v) is 20.9. The minimum atomic E-state index is -1.40. The minimum absolute atomic E-state index is 0.00825. The SMILES string of the molecule is CCCCCCCCCCCCCCC(CCC)OC(=O)OC(C(=O)N1CCNCC1)C(COC(=O)NCC1=CC=CCN1C(=O)c1ccccc1OC)OC. The number of methoxy groups -OCH3 is 2. The molecule has 1 fully saturated rings. The van der Waals surface area contributed by atoms with Crippen LogP contribution in [0.25, 0.3) is 0 Å². The second-order valence-corrected chi connectivity index (χ2v) is 14.5. The Labute approximate surface area is 334 Å². The van der Waals surface area contributed by atoms with Gasteiger partial charge in [0, 0.05) is 45.5 Å². The Morgan fingerprint density at radius 2 is 1.48 bits per heavy atom. The van der Waals surface area contributed by atoms with E-state index in [1.807, 2.05) is 19.1 Å². The topological polar surface area (TPSA) is 145 Å². The van der Waals surface area contributed by atoms with Gasteiger partial charge in [0.2, 0.25) is 6.10 Å². The van der Waals surface area contributed by atoms with Crippen molar-refractivity contribution in [3.63, 3.8) is 0 Å². The van der Waals surface area contributed by atoms with Gasteiger partial charge in [-0.15, -0.1) is 0 Å². The average molecular weight is 785 g/mol. The van der Waals surface area contributed by atoms with E-state index in [-0.39, 0.29) is 25.2 Å². The number of carbonyl (C=O) groups is 4. The number of amides is 3. The molecule has 1 aromatic carbocycles. The monoisotopic (exact) mass is 784 g/mol. The van der Waals surface area contributed by atoms with E-state index in [4.69, 9.17) is 23.7 Å². The summed E-state index contributed by atoms with van der Waals surface area (Å²) < 4.78 is 28.0. The Hall–Kier alpha value is -4.10. The van der Waals surface area contributed by atoms with Gasteiger partial charge in [-0.2, -0.15) is 0 Å². The highest BCUT2D eigenvalue weighted by atomic mass is 16.7. The maximum Gasteiger partial charge on any atom is 0.509 e. The molecule has 0 saturated carbocycles. The Kier molecular flexibility index (Phi) is 22.7. The highest BCUT2D eigenvalue weighted by Gasteiger charge is 2.38. The highest BCUT2D eigenvalue weighted by Crippen LogP contribution is 2.23. The van der Waals surface area contributed by atoms with E-state index in [9.17, 15) is 19.2 Å². The van der Waals surface area contributed by atoms with Crippen molar-refractivity contribution in [2.24, 2.45) is 0 Å². The molecule has 3 amide bonds. The van der Waals surface area contributed by atoms with Crippen molar-refractivity contribution in [2.75, 3.05) is 60.1 Å². The van der Waals surface area contributed by atoms with Crippen molar-refractivity contribution in [2.45, 2.75) is 128 Å². The molecule has 314 valence electrons. The van der Waals surface area contributed by atoms with E-state index < -0.39 is 30.4 Å². The fourth-order valence-electron chi connectivity index (χ4n) is 6.95. The molecule has 3 unspecified atom stereocenters. The lowest BCUT2D eigenvalue weighted by Gasteiger charge is -2.33. The minimum Gasteiger partial charge on any atom is -0.496 e. The number of nitrogens with one attached hydrogen (secondary N) is 2. The smallest absolute Gasteiger partial charge is 0.496 e. The van der Waals surface area contributed by atoms with Gasteiger partial charge in [0.05, 0.1) is 19.2 Å². The van der Waals surface area contributed by atoms with Crippen molar-refractivity contribution in [3.8, 4) is 5.75 Å². The molecular formula is C43H68N4O9. The summed E-state index contributed by atoms with van der Waals surface area (Å²) in [5.41, 5.74) is 0.942. The predicted octanol–water partition coefficient (Wildman–Crippen LogP) is 7.55. The van der Waals surface area contributed by atoms with Gasteiger partial charge >= 0.3 is 12.2 Å². The number of hydrogen-bond acceptors (Lipinski definition) is 10. The fraction of sp³-hybridized carbons (Fsp3) is 0.674. The lowest BCUT2D eigenvalue weighted by Crippen LogP contribution is -2.54. The standard InChI is InChI=1S/C43H68N4O9/c1-5-7-8-9-10-11-12-13-14-15-16-17-24-35(22-6-2)55-43(51)56-39(41(49)46-30-27-44-28-31-46)38(53-4)33-54-42(50)45-32-34-23-20-21-29-47(34)40(48)36-25-18-19-26-37(36)52-3/h18-21,23,25-26,35,38-39,44H,5-17,22,24,27-33H2,1-4H3,(H,45,50). The third-order valence-corrected chi connectivity index (χ3v) is 10.2.